The van der Waals surface area contributed by atoms with Gasteiger partial charge in [0.25, 0.3) is 5.91 Å². The Morgan fingerprint density at radius 1 is 1.25 bits per heavy atom. The fourth-order valence-electron chi connectivity index (χ4n) is 2.90. The molecule has 3 heterocycles. The second-order valence-electron chi connectivity index (χ2n) is 6.14. The van der Waals surface area contributed by atoms with E-state index in [0.29, 0.717) is 24.7 Å². The Bertz CT molecular complexity index is 709. The number of aryl methyl sites for hydroxylation is 2. The van der Waals surface area contributed by atoms with Crippen LogP contribution in [0.25, 0.3) is 0 Å². The largest absolute Gasteiger partial charge is 0.474 e. The van der Waals surface area contributed by atoms with Crippen LogP contribution >= 0.6 is 0 Å². The summed E-state index contributed by atoms with van der Waals surface area (Å²) < 4.78 is 5.99. The van der Waals surface area contributed by atoms with Gasteiger partial charge in [0.1, 0.15) is 11.8 Å². The number of pyridine rings is 2. The molecule has 0 N–H and O–H groups in total. The molecule has 3 rings (SSSR count). The molecule has 1 aliphatic heterocycles. The van der Waals surface area contributed by atoms with E-state index in [1.165, 1.54) is 0 Å². The molecule has 0 spiro atoms. The molecule has 5 heteroatoms. The summed E-state index contributed by atoms with van der Waals surface area (Å²) in [6, 6.07) is 7.74. The van der Waals surface area contributed by atoms with E-state index in [-0.39, 0.29) is 12.0 Å². The topological polar surface area (TPSA) is 55.3 Å². The number of ether oxygens (including phenoxy) is 1. The van der Waals surface area contributed by atoms with Gasteiger partial charge in [-0.1, -0.05) is 13.0 Å². The van der Waals surface area contributed by atoms with E-state index in [1.54, 1.807) is 12.4 Å². The monoisotopic (exact) mass is 325 g/mol. The molecular formula is C19H23N3O2. The Kier molecular flexibility index (Phi) is 5.08. The third-order valence-corrected chi connectivity index (χ3v) is 4.42. The van der Waals surface area contributed by atoms with Gasteiger partial charge in [-0.25, -0.2) is 4.98 Å². The van der Waals surface area contributed by atoms with Crippen molar-refractivity contribution in [3.8, 4) is 5.88 Å². The predicted octanol–water partition coefficient (Wildman–Crippen LogP) is 3.03. The van der Waals surface area contributed by atoms with Gasteiger partial charge in [-0.05, 0) is 37.1 Å². The molecule has 24 heavy (non-hydrogen) atoms. The van der Waals surface area contributed by atoms with E-state index in [0.717, 1.165) is 30.4 Å². The van der Waals surface area contributed by atoms with Gasteiger partial charge < -0.3 is 9.64 Å². The highest BCUT2D eigenvalue weighted by Gasteiger charge is 2.26. The summed E-state index contributed by atoms with van der Waals surface area (Å²) in [6.45, 7) is 5.44. The molecular weight excluding hydrogens is 302 g/mol. The summed E-state index contributed by atoms with van der Waals surface area (Å²) in [5.41, 5.74) is 2.71. The van der Waals surface area contributed by atoms with Crippen LogP contribution in [-0.4, -0.2) is 40.0 Å². The van der Waals surface area contributed by atoms with Crippen LogP contribution in [0.5, 0.6) is 5.88 Å². The Hall–Kier alpha value is -2.43. The van der Waals surface area contributed by atoms with Gasteiger partial charge in [-0.3, -0.25) is 9.78 Å². The summed E-state index contributed by atoms with van der Waals surface area (Å²) in [7, 11) is 0. The molecule has 0 atom stereocenters. The predicted molar refractivity (Wildman–Crippen MR) is 92.1 cm³/mol. The van der Waals surface area contributed by atoms with Gasteiger partial charge in [0.2, 0.25) is 5.88 Å². The van der Waals surface area contributed by atoms with E-state index in [1.807, 2.05) is 36.1 Å². The second kappa shape index (κ2) is 7.43. The first-order valence-corrected chi connectivity index (χ1v) is 8.50. The lowest BCUT2D eigenvalue weighted by Gasteiger charge is -2.32. The number of hydrogen-bond acceptors (Lipinski definition) is 4. The second-order valence-corrected chi connectivity index (χ2v) is 6.14. The zero-order valence-electron chi connectivity index (χ0n) is 14.2. The van der Waals surface area contributed by atoms with Crippen molar-refractivity contribution in [3.63, 3.8) is 0 Å². The van der Waals surface area contributed by atoms with E-state index < -0.39 is 0 Å². The van der Waals surface area contributed by atoms with Gasteiger partial charge in [-0.2, -0.15) is 0 Å². The highest BCUT2D eigenvalue weighted by molar-refractivity contribution is 5.92. The lowest BCUT2D eigenvalue weighted by Crippen LogP contribution is -2.42. The zero-order valence-corrected chi connectivity index (χ0v) is 14.2. The number of aromatic nitrogens is 2. The van der Waals surface area contributed by atoms with Crippen LogP contribution in [0, 0.1) is 6.92 Å². The lowest BCUT2D eigenvalue weighted by atomic mass is 10.1. The van der Waals surface area contributed by atoms with Crippen molar-refractivity contribution in [3.05, 3.63) is 53.5 Å². The van der Waals surface area contributed by atoms with Crippen LogP contribution in [0.4, 0.5) is 0 Å². The molecule has 0 aromatic carbocycles. The first kappa shape index (κ1) is 16.4. The summed E-state index contributed by atoms with van der Waals surface area (Å²) >= 11 is 0. The molecule has 0 bridgehead atoms. The van der Waals surface area contributed by atoms with Crippen molar-refractivity contribution in [2.45, 2.75) is 39.2 Å². The standard InChI is InChI=1S/C19H23N3O2/c1-3-15-6-10-20-17(13-15)19(23)22-11-7-16(8-12-22)24-18-14(2)5-4-9-21-18/h4-6,9-10,13,16H,3,7-8,11-12H2,1-2H3. The zero-order chi connectivity index (χ0) is 16.9. The fraction of sp³-hybridized carbons (Fsp3) is 0.421. The van der Waals surface area contributed by atoms with Crippen molar-refractivity contribution in [2.75, 3.05) is 13.1 Å². The number of carbonyl (C=O) groups is 1. The average molecular weight is 325 g/mol. The Morgan fingerprint density at radius 3 is 2.75 bits per heavy atom. The van der Waals surface area contributed by atoms with Crippen LogP contribution in [0.15, 0.2) is 36.7 Å². The SMILES string of the molecule is CCc1ccnc(C(=O)N2CCC(Oc3ncccc3C)CC2)c1. The number of piperidine rings is 1. The van der Waals surface area contributed by atoms with Crippen molar-refractivity contribution in [2.24, 2.45) is 0 Å². The maximum absolute atomic E-state index is 12.6. The van der Waals surface area contributed by atoms with Gasteiger partial charge in [0.05, 0.1) is 0 Å². The van der Waals surface area contributed by atoms with Gasteiger partial charge >= 0.3 is 0 Å². The minimum Gasteiger partial charge on any atom is -0.474 e. The number of rotatable bonds is 4. The van der Waals surface area contributed by atoms with Crippen LogP contribution in [-0.2, 0) is 6.42 Å². The van der Waals surface area contributed by atoms with E-state index in [4.69, 9.17) is 4.74 Å². The minimum absolute atomic E-state index is 0.0118. The molecule has 2 aromatic rings. The molecule has 1 amide bonds. The fourth-order valence-corrected chi connectivity index (χ4v) is 2.90. The average Bonchev–Trinajstić information content (AvgIpc) is 2.64. The van der Waals surface area contributed by atoms with Gasteiger partial charge in [0, 0.05) is 43.9 Å². The third-order valence-electron chi connectivity index (χ3n) is 4.42. The quantitative estimate of drug-likeness (QED) is 0.867. The Morgan fingerprint density at radius 2 is 2.04 bits per heavy atom. The molecule has 126 valence electrons. The van der Waals surface area contributed by atoms with Crippen molar-refractivity contribution >= 4 is 5.91 Å². The highest BCUT2D eigenvalue weighted by atomic mass is 16.5. The highest BCUT2D eigenvalue weighted by Crippen LogP contribution is 2.21. The number of nitrogens with zero attached hydrogens (tertiary/aromatic N) is 3. The van der Waals surface area contributed by atoms with Crippen molar-refractivity contribution in [1.29, 1.82) is 0 Å². The molecule has 0 unspecified atom stereocenters. The minimum atomic E-state index is 0.0118. The van der Waals surface area contributed by atoms with Gasteiger partial charge in [0.15, 0.2) is 0 Å². The molecule has 0 aliphatic carbocycles. The van der Waals surface area contributed by atoms with Crippen molar-refractivity contribution in [1.82, 2.24) is 14.9 Å². The Balaban J connectivity index is 1.58. The van der Waals surface area contributed by atoms with Gasteiger partial charge in [-0.15, -0.1) is 0 Å². The lowest BCUT2D eigenvalue weighted by molar-refractivity contribution is 0.0581. The van der Waals surface area contributed by atoms with Crippen LogP contribution in [0.3, 0.4) is 0 Å². The summed E-state index contributed by atoms with van der Waals surface area (Å²) in [5, 5.41) is 0. The smallest absolute Gasteiger partial charge is 0.272 e. The van der Waals surface area contributed by atoms with E-state index >= 15 is 0 Å². The van der Waals surface area contributed by atoms with Crippen LogP contribution in [0.1, 0.15) is 41.4 Å². The van der Waals surface area contributed by atoms with Crippen LogP contribution < -0.4 is 4.74 Å². The summed E-state index contributed by atoms with van der Waals surface area (Å²) in [5.74, 6) is 0.706. The first-order chi connectivity index (χ1) is 11.7. The molecule has 0 radical (unpaired) electrons. The molecule has 1 saturated heterocycles. The number of amides is 1. The molecule has 1 aliphatic rings. The molecule has 2 aromatic heterocycles. The molecule has 1 fully saturated rings. The number of likely N-dealkylation sites (tertiary alicyclic amines) is 1. The first-order valence-electron chi connectivity index (χ1n) is 8.50. The number of hydrogen-bond donors (Lipinski definition) is 0. The molecule has 0 saturated carbocycles. The normalized spacial score (nSPS) is 15.3. The summed E-state index contributed by atoms with van der Waals surface area (Å²) in [6.07, 6.45) is 6.10. The number of carbonyl (C=O) groups excluding carboxylic acids is 1. The maximum atomic E-state index is 12.6. The molecule has 5 nitrogen and oxygen atoms in total. The van der Waals surface area contributed by atoms with Crippen LogP contribution in [0.2, 0.25) is 0 Å². The summed E-state index contributed by atoms with van der Waals surface area (Å²) in [4.78, 5) is 23.0. The third kappa shape index (κ3) is 3.72. The van der Waals surface area contributed by atoms with E-state index in [9.17, 15) is 4.79 Å². The van der Waals surface area contributed by atoms with Crippen molar-refractivity contribution < 1.29 is 9.53 Å². The maximum Gasteiger partial charge on any atom is 0.272 e. The van der Waals surface area contributed by atoms with E-state index in [2.05, 4.69) is 16.9 Å². The Labute approximate surface area is 142 Å².